The fourth-order valence-corrected chi connectivity index (χ4v) is 4.78. The second-order valence-electron chi connectivity index (χ2n) is 10.1. The Balaban J connectivity index is 0.000000337. The van der Waals surface area contributed by atoms with Gasteiger partial charge in [-0.15, -0.1) is 17.2 Å². The van der Waals surface area contributed by atoms with E-state index in [0.717, 1.165) is 35.0 Å². The maximum Gasteiger partial charge on any atom is 0.494 e. The molecule has 2 heterocycles. The van der Waals surface area contributed by atoms with Crippen molar-refractivity contribution in [2.45, 2.75) is 65.2 Å². The number of hydrogen-bond donors (Lipinski definition) is 1. The first-order valence-electron chi connectivity index (χ1n) is 11.0. The van der Waals surface area contributed by atoms with Crippen LogP contribution in [0.2, 0.25) is 0 Å². The van der Waals surface area contributed by atoms with Gasteiger partial charge in [-0.3, -0.25) is 4.79 Å². The molecule has 1 N–H and O–H groups in total. The summed E-state index contributed by atoms with van der Waals surface area (Å²) in [5, 5.41) is 8.36. The van der Waals surface area contributed by atoms with Crippen molar-refractivity contribution in [3.63, 3.8) is 0 Å². The van der Waals surface area contributed by atoms with Crippen LogP contribution >= 0.6 is 0 Å². The van der Waals surface area contributed by atoms with Gasteiger partial charge in [0.2, 0.25) is 0 Å². The molecule has 0 saturated carbocycles. The summed E-state index contributed by atoms with van der Waals surface area (Å²) in [4.78, 5) is 10.0. The number of ketones is 1. The Hall–Kier alpha value is -2.52. The summed E-state index contributed by atoms with van der Waals surface area (Å²) in [6, 6.07) is 15.3. The molecule has 0 fully saturated rings. The summed E-state index contributed by atoms with van der Waals surface area (Å²) in [6.45, 7) is 12.2. The zero-order valence-electron chi connectivity index (χ0n) is 20.3. The number of rotatable bonds is 1. The van der Waals surface area contributed by atoms with Crippen LogP contribution in [-0.4, -0.2) is 28.5 Å². The van der Waals surface area contributed by atoms with Gasteiger partial charge >= 0.3 is 11.7 Å². The molecule has 0 saturated heterocycles. The second kappa shape index (κ2) is 8.68. The Bertz CT molecular complexity index is 1240. The number of allylic oxidation sites excluding steroid dienone is 2. The normalized spacial score (nSPS) is 18.1. The summed E-state index contributed by atoms with van der Waals surface area (Å²) in [6.07, 6.45) is 3.51. The SMILES string of the molecule is CC(=O)/C=C(/C)O.C[N+]1=C=[N+]2c3[c-]cc4c(c3Oc3cccc1c32)C(C)(C)CCC4(C)C.[Ir]. The Kier molecular flexibility index (Phi) is 6.61. The number of ether oxygens (including phenoxy) is 1. The molecule has 1 radical (unpaired) electrons. The molecule has 5 rings (SSSR count). The number of nitrogens with zero attached hydrogens (tertiary/aromatic N) is 2. The molecule has 5 nitrogen and oxygen atoms in total. The number of para-hydroxylation sites is 1. The number of hydrogen-bond acceptors (Lipinski definition) is 3. The van der Waals surface area contributed by atoms with Crippen molar-refractivity contribution < 1.29 is 39.3 Å². The molecule has 0 bridgehead atoms. The molecular formula is C27H31IrN2O3+. The van der Waals surface area contributed by atoms with Crippen LogP contribution in [0.15, 0.2) is 36.1 Å². The number of aliphatic hydroxyl groups is 1. The molecule has 33 heavy (non-hydrogen) atoms. The fourth-order valence-electron chi connectivity index (χ4n) is 4.78. The van der Waals surface area contributed by atoms with Crippen molar-refractivity contribution in [3.8, 4) is 11.5 Å². The molecule has 0 aromatic heterocycles. The van der Waals surface area contributed by atoms with Gasteiger partial charge in [0.25, 0.3) is 5.69 Å². The van der Waals surface area contributed by atoms with Gasteiger partial charge in [0.1, 0.15) is 0 Å². The van der Waals surface area contributed by atoms with Crippen molar-refractivity contribution in [1.29, 1.82) is 0 Å². The molecule has 2 aliphatic heterocycles. The quantitative estimate of drug-likeness (QED) is 0.151. The Morgan fingerprint density at radius 2 is 1.85 bits per heavy atom. The molecule has 2 aromatic carbocycles. The van der Waals surface area contributed by atoms with Crippen LogP contribution in [0.4, 0.5) is 17.1 Å². The average Bonchev–Trinajstić information content (AvgIpc) is 3.03. The summed E-state index contributed by atoms with van der Waals surface area (Å²) < 4.78 is 10.6. The zero-order chi connectivity index (χ0) is 23.4. The number of benzene rings is 2. The number of aliphatic hydroxyl groups excluding tert-OH is 1. The summed E-state index contributed by atoms with van der Waals surface area (Å²) >= 11 is 0. The van der Waals surface area contributed by atoms with Gasteiger partial charge in [-0.1, -0.05) is 54.7 Å². The van der Waals surface area contributed by atoms with E-state index in [1.54, 1.807) is 0 Å². The smallest absolute Gasteiger partial charge is 0.494 e. The van der Waals surface area contributed by atoms with Crippen molar-refractivity contribution in [2.24, 2.45) is 0 Å². The van der Waals surface area contributed by atoms with Gasteiger partial charge in [0.15, 0.2) is 24.3 Å². The predicted octanol–water partition coefficient (Wildman–Crippen LogP) is 6.27. The van der Waals surface area contributed by atoms with E-state index in [9.17, 15) is 4.79 Å². The van der Waals surface area contributed by atoms with Crippen molar-refractivity contribution in [1.82, 2.24) is 4.58 Å². The van der Waals surface area contributed by atoms with Crippen molar-refractivity contribution in [2.75, 3.05) is 7.05 Å². The third-order valence-electron chi connectivity index (χ3n) is 6.51. The first-order valence-corrected chi connectivity index (χ1v) is 11.0. The van der Waals surface area contributed by atoms with E-state index < -0.39 is 0 Å². The van der Waals surface area contributed by atoms with E-state index in [2.05, 4.69) is 68.6 Å². The Labute approximate surface area is 209 Å². The third-order valence-corrected chi connectivity index (χ3v) is 6.51. The minimum Gasteiger partial charge on any atom is -0.512 e. The predicted molar refractivity (Wildman–Crippen MR) is 126 cm³/mol. The first kappa shape index (κ1) is 25.1. The molecule has 0 amide bonds. The van der Waals surface area contributed by atoms with E-state index >= 15 is 0 Å². The van der Waals surface area contributed by atoms with Gasteiger partial charge in [-0.05, 0) is 31.7 Å². The number of fused-ring (bicyclic) bond motifs is 4. The average molecular weight is 624 g/mol. The Morgan fingerprint density at radius 1 is 1.18 bits per heavy atom. The minimum absolute atomic E-state index is 0. The van der Waals surface area contributed by atoms with Gasteiger partial charge in [0, 0.05) is 32.2 Å². The van der Waals surface area contributed by atoms with Crippen molar-refractivity contribution >= 4 is 28.9 Å². The molecule has 2 aromatic rings. The molecule has 1 aliphatic carbocycles. The maximum absolute atomic E-state index is 10.0. The maximum atomic E-state index is 10.0. The van der Waals surface area contributed by atoms with E-state index in [-0.39, 0.29) is 42.5 Å². The molecule has 0 unspecified atom stereocenters. The van der Waals surface area contributed by atoms with E-state index in [1.165, 1.54) is 37.5 Å². The van der Waals surface area contributed by atoms with Gasteiger partial charge in [-0.2, -0.15) is 6.07 Å². The largest absolute Gasteiger partial charge is 0.512 e. The van der Waals surface area contributed by atoms with Crippen LogP contribution in [0.1, 0.15) is 65.5 Å². The standard InChI is InChI=1S/C22H23N2O.C5H8O2.Ir/c1-21(2)11-12-22(3,4)18-14(21)9-10-16-20(18)25-17-8-6-7-15-19(17)24(16)13-23(15)5;1-4(6)3-5(2)7;/h6-9H,11-12H2,1-5H3;3,6H,1-2H3;/q+1;;/b;4-3-;. The Morgan fingerprint density at radius 3 is 2.45 bits per heavy atom. The van der Waals surface area contributed by atoms with E-state index in [1.807, 2.05) is 11.6 Å². The van der Waals surface area contributed by atoms with Gasteiger partial charge < -0.3 is 9.84 Å². The second-order valence-corrected chi connectivity index (χ2v) is 10.1. The zero-order valence-corrected chi connectivity index (χ0v) is 22.7. The minimum atomic E-state index is -0.125. The summed E-state index contributed by atoms with van der Waals surface area (Å²) in [5.41, 5.74) is 6.12. The van der Waals surface area contributed by atoms with Crippen LogP contribution in [0.5, 0.6) is 11.5 Å². The monoisotopic (exact) mass is 624 g/mol. The fraction of sp³-hybridized carbons (Fsp3) is 0.407. The number of carbonyl (C=O) groups excluding carboxylic acids is 1. The van der Waals surface area contributed by atoms with Crippen LogP contribution in [0.25, 0.3) is 0 Å². The van der Waals surface area contributed by atoms with E-state index in [4.69, 9.17) is 9.84 Å². The molecular weight excluding hydrogens is 593 g/mol. The molecule has 3 aliphatic rings. The first-order chi connectivity index (χ1) is 14.9. The summed E-state index contributed by atoms with van der Waals surface area (Å²) in [7, 11) is 2.03. The number of carbonyl (C=O) groups is 1. The topological polar surface area (TPSA) is 52.5 Å². The molecule has 175 valence electrons. The van der Waals surface area contributed by atoms with Gasteiger partial charge in [-0.25, -0.2) is 0 Å². The van der Waals surface area contributed by atoms with Crippen LogP contribution in [0, 0.1) is 6.07 Å². The molecule has 6 heteroatoms. The molecule has 0 spiro atoms. The van der Waals surface area contributed by atoms with Crippen molar-refractivity contribution in [3.05, 3.63) is 53.3 Å². The third kappa shape index (κ3) is 4.36. The van der Waals surface area contributed by atoms with Crippen LogP contribution in [-0.2, 0) is 35.7 Å². The van der Waals surface area contributed by atoms with Gasteiger partial charge in [0.05, 0.1) is 11.5 Å². The summed E-state index contributed by atoms with van der Waals surface area (Å²) in [5.74, 6) is 1.80. The molecule has 0 atom stereocenters. The van der Waals surface area contributed by atoms with Crippen LogP contribution < -0.4 is 9.31 Å². The van der Waals surface area contributed by atoms with E-state index in [0.29, 0.717) is 0 Å². The van der Waals surface area contributed by atoms with Crippen LogP contribution in [0.3, 0.4) is 0 Å².